The summed E-state index contributed by atoms with van der Waals surface area (Å²) < 4.78 is 20.8. The van der Waals surface area contributed by atoms with Crippen LogP contribution in [-0.4, -0.2) is 53.2 Å². The molecular weight excluding hydrogens is 298 g/mol. The molecule has 1 aromatic carbocycles. The lowest BCUT2D eigenvalue weighted by molar-refractivity contribution is 0.0601. The van der Waals surface area contributed by atoms with Crippen molar-refractivity contribution in [2.45, 2.75) is 25.8 Å². The fourth-order valence-electron chi connectivity index (χ4n) is 2.11. The third-order valence-electron chi connectivity index (χ3n) is 3.26. The average Bonchev–Trinajstić information content (AvgIpc) is 2.56. The number of ether oxygens (including phenoxy) is 4. The number of methoxy groups -OCH3 is 3. The van der Waals surface area contributed by atoms with Gasteiger partial charge in [0.1, 0.15) is 5.75 Å². The standard InChI is InChI=1S/C17H27NO5/c1-5-6-9-23-14-7-8-16(15(10-14)17(19)22-4)18-13(11-20-2)12-21-3/h7-8,10,13,18H,5-6,9,11-12H2,1-4H3. The molecule has 0 saturated carbocycles. The molecule has 0 heterocycles. The molecule has 0 aliphatic rings. The minimum atomic E-state index is -0.415. The van der Waals surface area contributed by atoms with E-state index in [-0.39, 0.29) is 6.04 Å². The van der Waals surface area contributed by atoms with Crippen molar-refractivity contribution < 1.29 is 23.7 Å². The van der Waals surface area contributed by atoms with Crippen LogP contribution in [0.2, 0.25) is 0 Å². The van der Waals surface area contributed by atoms with E-state index in [1.54, 1.807) is 20.3 Å². The van der Waals surface area contributed by atoms with E-state index in [4.69, 9.17) is 18.9 Å². The molecule has 0 fully saturated rings. The van der Waals surface area contributed by atoms with Crippen molar-refractivity contribution in [3.05, 3.63) is 23.8 Å². The van der Waals surface area contributed by atoms with Crippen molar-refractivity contribution in [2.24, 2.45) is 0 Å². The second kappa shape index (κ2) is 10.9. The molecule has 0 aliphatic heterocycles. The lowest BCUT2D eigenvalue weighted by Gasteiger charge is -2.20. The highest BCUT2D eigenvalue weighted by Crippen LogP contribution is 2.24. The molecule has 0 spiro atoms. The molecule has 130 valence electrons. The van der Waals surface area contributed by atoms with Crippen molar-refractivity contribution >= 4 is 11.7 Å². The zero-order valence-corrected chi connectivity index (χ0v) is 14.4. The molecule has 0 aliphatic carbocycles. The van der Waals surface area contributed by atoms with Gasteiger partial charge >= 0.3 is 5.97 Å². The lowest BCUT2D eigenvalue weighted by atomic mass is 10.1. The minimum absolute atomic E-state index is 0.0692. The highest BCUT2D eigenvalue weighted by molar-refractivity contribution is 5.96. The Morgan fingerprint density at radius 3 is 2.43 bits per heavy atom. The number of hydrogen-bond donors (Lipinski definition) is 1. The molecule has 0 aromatic heterocycles. The molecule has 6 heteroatoms. The Morgan fingerprint density at radius 1 is 1.17 bits per heavy atom. The molecule has 0 unspecified atom stereocenters. The van der Waals surface area contributed by atoms with Crippen LogP contribution >= 0.6 is 0 Å². The Bertz CT molecular complexity index is 472. The topological polar surface area (TPSA) is 66.0 Å². The first kappa shape index (κ1) is 19.3. The molecule has 23 heavy (non-hydrogen) atoms. The van der Waals surface area contributed by atoms with Gasteiger partial charge in [-0.05, 0) is 24.6 Å². The fourth-order valence-corrected chi connectivity index (χ4v) is 2.11. The van der Waals surface area contributed by atoms with E-state index in [1.807, 2.05) is 12.1 Å². The highest BCUT2D eigenvalue weighted by atomic mass is 16.5. The van der Waals surface area contributed by atoms with E-state index in [2.05, 4.69) is 12.2 Å². The van der Waals surface area contributed by atoms with Crippen LogP contribution in [0.25, 0.3) is 0 Å². The van der Waals surface area contributed by atoms with Gasteiger partial charge in [0.2, 0.25) is 0 Å². The van der Waals surface area contributed by atoms with E-state index in [0.29, 0.717) is 36.8 Å². The Kier molecular flexibility index (Phi) is 9.09. The fraction of sp³-hybridized carbons (Fsp3) is 0.588. The Hall–Kier alpha value is -1.79. The van der Waals surface area contributed by atoms with Crippen molar-refractivity contribution in [3.8, 4) is 5.75 Å². The summed E-state index contributed by atoms with van der Waals surface area (Å²) >= 11 is 0. The van der Waals surface area contributed by atoms with Crippen LogP contribution in [-0.2, 0) is 14.2 Å². The first-order chi connectivity index (χ1) is 11.2. The highest BCUT2D eigenvalue weighted by Gasteiger charge is 2.17. The molecule has 1 N–H and O–H groups in total. The van der Waals surface area contributed by atoms with Crippen LogP contribution in [0.3, 0.4) is 0 Å². The molecule has 0 amide bonds. The van der Waals surface area contributed by atoms with Gasteiger partial charge in [-0.15, -0.1) is 0 Å². The van der Waals surface area contributed by atoms with E-state index >= 15 is 0 Å². The molecule has 0 bridgehead atoms. The Morgan fingerprint density at radius 2 is 1.87 bits per heavy atom. The first-order valence-electron chi connectivity index (χ1n) is 7.75. The summed E-state index contributed by atoms with van der Waals surface area (Å²) in [6.45, 7) is 3.65. The maximum absolute atomic E-state index is 12.0. The van der Waals surface area contributed by atoms with E-state index < -0.39 is 5.97 Å². The van der Waals surface area contributed by atoms with Crippen LogP contribution in [0.4, 0.5) is 5.69 Å². The van der Waals surface area contributed by atoms with E-state index in [0.717, 1.165) is 12.8 Å². The lowest BCUT2D eigenvalue weighted by Crippen LogP contribution is -2.30. The predicted molar refractivity (Wildman–Crippen MR) is 89.3 cm³/mol. The van der Waals surface area contributed by atoms with Gasteiger partial charge in [-0.2, -0.15) is 0 Å². The number of anilines is 1. The van der Waals surface area contributed by atoms with Gasteiger partial charge in [0, 0.05) is 19.9 Å². The normalized spacial score (nSPS) is 10.7. The SMILES string of the molecule is CCCCOc1ccc(NC(COC)COC)c(C(=O)OC)c1. The first-order valence-corrected chi connectivity index (χ1v) is 7.75. The maximum Gasteiger partial charge on any atom is 0.340 e. The zero-order chi connectivity index (χ0) is 17.1. The molecule has 6 nitrogen and oxygen atoms in total. The zero-order valence-electron chi connectivity index (χ0n) is 14.4. The molecule has 0 radical (unpaired) electrons. The summed E-state index contributed by atoms with van der Waals surface area (Å²) in [4.78, 5) is 12.0. The van der Waals surface area contributed by atoms with Crippen LogP contribution in [0.15, 0.2) is 18.2 Å². The second-order valence-electron chi connectivity index (χ2n) is 5.15. The van der Waals surface area contributed by atoms with E-state index in [1.165, 1.54) is 7.11 Å². The van der Waals surface area contributed by atoms with Crippen LogP contribution in [0, 0.1) is 0 Å². The van der Waals surface area contributed by atoms with E-state index in [9.17, 15) is 4.79 Å². The predicted octanol–water partition coefficient (Wildman–Crippen LogP) is 2.73. The van der Waals surface area contributed by atoms with Gasteiger partial charge in [0.15, 0.2) is 0 Å². The number of benzene rings is 1. The quantitative estimate of drug-likeness (QED) is 0.498. The molecular formula is C17H27NO5. The summed E-state index contributed by atoms with van der Waals surface area (Å²) in [6, 6.07) is 5.27. The van der Waals surface area contributed by atoms with Gasteiger partial charge in [-0.25, -0.2) is 4.79 Å². The molecule has 0 atom stereocenters. The summed E-state index contributed by atoms with van der Waals surface area (Å²) in [5.41, 5.74) is 1.09. The van der Waals surface area contributed by atoms with Crippen molar-refractivity contribution in [3.63, 3.8) is 0 Å². The van der Waals surface area contributed by atoms with Crippen molar-refractivity contribution in [1.82, 2.24) is 0 Å². The van der Waals surface area contributed by atoms with Crippen molar-refractivity contribution in [2.75, 3.05) is 46.5 Å². The third kappa shape index (κ3) is 6.46. The van der Waals surface area contributed by atoms with Gasteiger partial charge in [0.05, 0.1) is 38.5 Å². The Balaban J connectivity index is 2.93. The number of nitrogens with one attached hydrogen (secondary N) is 1. The molecule has 1 rings (SSSR count). The Labute approximate surface area is 138 Å². The number of rotatable bonds is 11. The number of carbonyl (C=O) groups is 1. The third-order valence-corrected chi connectivity index (χ3v) is 3.26. The van der Waals surface area contributed by atoms with Crippen LogP contribution in [0.1, 0.15) is 30.1 Å². The van der Waals surface area contributed by atoms with Gasteiger partial charge in [-0.3, -0.25) is 0 Å². The van der Waals surface area contributed by atoms with Gasteiger partial charge < -0.3 is 24.3 Å². The summed E-state index contributed by atoms with van der Waals surface area (Å²) in [5, 5.41) is 3.25. The molecule has 1 aromatic rings. The molecule has 0 saturated heterocycles. The van der Waals surface area contributed by atoms with Crippen LogP contribution in [0.5, 0.6) is 5.75 Å². The number of unbranched alkanes of at least 4 members (excludes halogenated alkanes) is 1. The summed E-state index contributed by atoms with van der Waals surface area (Å²) in [6.07, 6.45) is 2.02. The largest absolute Gasteiger partial charge is 0.494 e. The minimum Gasteiger partial charge on any atom is -0.494 e. The van der Waals surface area contributed by atoms with Crippen LogP contribution < -0.4 is 10.1 Å². The van der Waals surface area contributed by atoms with Crippen molar-refractivity contribution in [1.29, 1.82) is 0 Å². The summed E-state index contributed by atoms with van der Waals surface area (Å²) in [5.74, 6) is 0.237. The second-order valence-corrected chi connectivity index (χ2v) is 5.15. The monoisotopic (exact) mass is 325 g/mol. The van der Waals surface area contributed by atoms with Gasteiger partial charge in [0.25, 0.3) is 0 Å². The summed E-state index contributed by atoms with van der Waals surface area (Å²) in [7, 11) is 4.60. The number of carbonyl (C=O) groups excluding carboxylic acids is 1. The number of hydrogen-bond acceptors (Lipinski definition) is 6. The number of esters is 1. The van der Waals surface area contributed by atoms with Gasteiger partial charge in [-0.1, -0.05) is 13.3 Å². The average molecular weight is 325 g/mol. The maximum atomic E-state index is 12.0. The smallest absolute Gasteiger partial charge is 0.340 e.